The molecule has 0 unspecified atom stereocenters. The summed E-state index contributed by atoms with van der Waals surface area (Å²) >= 11 is 9.15. The fraction of sp³-hybridized carbons (Fsp3) is 0.333. The minimum absolute atomic E-state index is 0. The fourth-order valence-corrected chi connectivity index (χ4v) is 2.25. The topological polar surface area (TPSA) is 23.6 Å². The molecule has 0 saturated carbocycles. The van der Waals surface area contributed by atoms with Gasteiger partial charge in [-0.2, -0.15) is 0 Å². The van der Waals surface area contributed by atoms with Crippen LogP contribution in [-0.4, -0.2) is 75.8 Å². The molecule has 0 N–H and O–H groups in total. The van der Waals surface area contributed by atoms with Gasteiger partial charge in [-0.25, -0.2) is 0 Å². The molecule has 0 aromatic heterocycles. The standard InChI is InChI=1S/C12H14N2OS2.Na.H/c15-11(10-4-2-1-3-5-10)13-6-8-14(9-7-13)12(16)17;;/h1-5H,6-9H2,(H,16,17);;. The summed E-state index contributed by atoms with van der Waals surface area (Å²) in [6.45, 7) is 2.94. The number of thiocarbonyl (C=S) groups is 1. The number of amides is 1. The third-order valence-corrected chi connectivity index (χ3v) is 3.40. The van der Waals surface area contributed by atoms with E-state index < -0.39 is 0 Å². The molecule has 1 heterocycles. The fourth-order valence-electron chi connectivity index (χ4n) is 1.86. The molecule has 0 radical (unpaired) electrons. The van der Waals surface area contributed by atoms with Crippen LogP contribution in [0.1, 0.15) is 10.4 Å². The van der Waals surface area contributed by atoms with Gasteiger partial charge >= 0.3 is 29.6 Å². The number of benzene rings is 1. The average molecular weight is 290 g/mol. The van der Waals surface area contributed by atoms with Crippen molar-refractivity contribution in [2.45, 2.75) is 0 Å². The summed E-state index contributed by atoms with van der Waals surface area (Å²) in [7, 11) is 0. The van der Waals surface area contributed by atoms with Crippen LogP contribution in [0, 0.1) is 0 Å². The molecule has 1 saturated heterocycles. The van der Waals surface area contributed by atoms with Gasteiger partial charge < -0.3 is 9.80 Å². The third-order valence-electron chi connectivity index (χ3n) is 2.86. The zero-order valence-corrected chi connectivity index (χ0v) is 11.1. The third kappa shape index (κ3) is 3.96. The summed E-state index contributed by atoms with van der Waals surface area (Å²) in [5, 5.41) is 0. The quantitative estimate of drug-likeness (QED) is 0.474. The van der Waals surface area contributed by atoms with E-state index in [4.69, 9.17) is 12.2 Å². The van der Waals surface area contributed by atoms with E-state index in [1.807, 2.05) is 40.1 Å². The first kappa shape index (κ1) is 16.0. The molecule has 1 aliphatic heterocycles. The summed E-state index contributed by atoms with van der Waals surface area (Å²) in [6, 6.07) is 9.36. The van der Waals surface area contributed by atoms with E-state index in [1.165, 1.54) is 0 Å². The molecule has 0 atom stereocenters. The minimum atomic E-state index is 0. The molecule has 6 heteroatoms. The van der Waals surface area contributed by atoms with Crippen LogP contribution in [0.15, 0.2) is 30.3 Å². The van der Waals surface area contributed by atoms with E-state index in [0.29, 0.717) is 17.4 Å². The van der Waals surface area contributed by atoms with Gasteiger partial charge in [0.2, 0.25) is 0 Å². The van der Waals surface area contributed by atoms with Crippen molar-refractivity contribution in [1.82, 2.24) is 9.80 Å². The summed E-state index contributed by atoms with van der Waals surface area (Å²) in [4.78, 5) is 16.0. The number of piperazine rings is 1. The second-order valence-corrected chi connectivity index (χ2v) is 5.04. The van der Waals surface area contributed by atoms with Gasteiger partial charge in [-0.05, 0) is 12.1 Å². The first-order valence-corrected chi connectivity index (χ1v) is 6.36. The van der Waals surface area contributed by atoms with Gasteiger partial charge in [0, 0.05) is 31.7 Å². The molecule has 18 heavy (non-hydrogen) atoms. The van der Waals surface area contributed by atoms with Crippen LogP contribution in [0.2, 0.25) is 0 Å². The van der Waals surface area contributed by atoms with Gasteiger partial charge in [-0.15, -0.1) is 12.6 Å². The Kier molecular flexibility index (Phi) is 6.66. The monoisotopic (exact) mass is 290 g/mol. The van der Waals surface area contributed by atoms with Crippen molar-refractivity contribution in [1.29, 1.82) is 0 Å². The Morgan fingerprint density at radius 3 is 2.06 bits per heavy atom. The Bertz CT molecular complexity index is 419. The van der Waals surface area contributed by atoms with Crippen LogP contribution in [-0.2, 0) is 0 Å². The van der Waals surface area contributed by atoms with Crippen LogP contribution < -0.4 is 0 Å². The second kappa shape index (κ2) is 7.50. The second-order valence-electron chi connectivity index (χ2n) is 3.93. The van der Waals surface area contributed by atoms with E-state index in [9.17, 15) is 4.79 Å². The molecular weight excluding hydrogens is 275 g/mol. The van der Waals surface area contributed by atoms with E-state index in [1.54, 1.807) is 0 Å². The maximum atomic E-state index is 12.1. The van der Waals surface area contributed by atoms with Crippen LogP contribution in [0.25, 0.3) is 0 Å². The Morgan fingerprint density at radius 1 is 1.06 bits per heavy atom. The van der Waals surface area contributed by atoms with Crippen molar-refractivity contribution in [3.63, 3.8) is 0 Å². The van der Waals surface area contributed by atoms with Gasteiger partial charge in [-0.3, -0.25) is 4.79 Å². The first-order valence-electron chi connectivity index (χ1n) is 5.50. The summed E-state index contributed by atoms with van der Waals surface area (Å²) in [5.74, 6) is 0.0929. The number of rotatable bonds is 1. The van der Waals surface area contributed by atoms with Crippen molar-refractivity contribution in [2.24, 2.45) is 0 Å². The number of nitrogens with zero attached hydrogens (tertiary/aromatic N) is 2. The molecule has 3 nitrogen and oxygen atoms in total. The molecule has 1 aliphatic rings. The van der Waals surface area contributed by atoms with E-state index in [0.717, 1.165) is 18.7 Å². The SMILES string of the molecule is O=C(c1ccccc1)N1CCN(C(=S)S)CC1.[NaH]. The molecule has 1 aromatic rings. The molecule has 2 rings (SSSR count). The van der Waals surface area contributed by atoms with Crippen molar-refractivity contribution in [3.8, 4) is 0 Å². The Morgan fingerprint density at radius 2 is 1.56 bits per heavy atom. The molecular formula is C12H15N2NaOS2. The normalized spacial score (nSPS) is 14.9. The Labute approximate surface area is 140 Å². The molecule has 0 bridgehead atoms. The van der Waals surface area contributed by atoms with E-state index in [-0.39, 0.29) is 35.5 Å². The number of carbonyl (C=O) groups excluding carboxylic acids is 1. The van der Waals surface area contributed by atoms with Gasteiger partial charge in [0.25, 0.3) is 5.91 Å². The van der Waals surface area contributed by atoms with Gasteiger partial charge in [-0.1, -0.05) is 30.4 Å². The molecule has 1 aromatic carbocycles. The summed E-state index contributed by atoms with van der Waals surface area (Å²) < 4.78 is 0.608. The van der Waals surface area contributed by atoms with Crippen molar-refractivity contribution in [3.05, 3.63) is 35.9 Å². The average Bonchev–Trinajstić information content (AvgIpc) is 2.39. The van der Waals surface area contributed by atoms with Gasteiger partial charge in [0.05, 0.1) is 0 Å². The van der Waals surface area contributed by atoms with E-state index in [2.05, 4.69) is 12.6 Å². The Hall–Kier alpha value is -0.0700. The molecule has 1 amide bonds. The van der Waals surface area contributed by atoms with Crippen LogP contribution in [0.5, 0.6) is 0 Å². The maximum absolute atomic E-state index is 12.1. The Balaban J connectivity index is 0.00000162. The van der Waals surface area contributed by atoms with Crippen molar-refractivity contribution in [2.75, 3.05) is 26.2 Å². The van der Waals surface area contributed by atoms with Gasteiger partial charge in [0.1, 0.15) is 4.32 Å². The van der Waals surface area contributed by atoms with Crippen molar-refractivity contribution >= 4 is 64.6 Å². The predicted octanol–water partition coefficient (Wildman–Crippen LogP) is 1.01. The van der Waals surface area contributed by atoms with Crippen LogP contribution in [0.4, 0.5) is 0 Å². The summed E-state index contributed by atoms with van der Waals surface area (Å²) in [6.07, 6.45) is 0. The zero-order valence-electron chi connectivity index (χ0n) is 9.37. The molecule has 0 spiro atoms. The van der Waals surface area contributed by atoms with E-state index >= 15 is 0 Å². The first-order chi connectivity index (χ1) is 8.18. The molecule has 1 fully saturated rings. The molecule has 92 valence electrons. The molecule has 0 aliphatic carbocycles. The van der Waals surface area contributed by atoms with Crippen LogP contribution in [0.3, 0.4) is 0 Å². The number of hydrogen-bond donors (Lipinski definition) is 1. The van der Waals surface area contributed by atoms with Crippen molar-refractivity contribution < 1.29 is 4.79 Å². The predicted molar refractivity (Wildman–Crippen MR) is 82.7 cm³/mol. The van der Waals surface area contributed by atoms with Crippen LogP contribution >= 0.6 is 24.8 Å². The number of hydrogen-bond acceptors (Lipinski definition) is 2. The summed E-state index contributed by atoms with van der Waals surface area (Å²) in [5.41, 5.74) is 0.745. The zero-order chi connectivity index (χ0) is 12.3. The number of carbonyl (C=O) groups is 1. The van der Waals surface area contributed by atoms with Gasteiger partial charge in [0.15, 0.2) is 0 Å². The number of thiol groups is 1.